The van der Waals surface area contributed by atoms with Gasteiger partial charge < -0.3 is 45.0 Å². The normalized spacial score (nSPS) is 25.7. The number of fused-ring (bicyclic) bond motifs is 6. The zero-order valence-corrected chi connectivity index (χ0v) is 34.1. The van der Waals surface area contributed by atoms with E-state index in [0.29, 0.717) is 37.9 Å². The van der Waals surface area contributed by atoms with Crippen molar-refractivity contribution in [3.8, 4) is 0 Å². The fourth-order valence-corrected chi connectivity index (χ4v) is 10.5. The van der Waals surface area contributed by atoms with Gasteiger partial charge in [-0.25, -0.2) is 19.6 Å². The number of carbonyl (C=O) groups is 4. The number of hydrogen-bond acceptors (Lipinski definition) is 8. The maximum absolute atomic E-state index is 14.2. The van der Waals surface area contributed by atoms with Crippen molar-refractivity contribution in [1.29, 1.82) is 0 Å². The Morgan fingerprint density at radius 2 is 1.47 bits per heavy atom. The molecule has 5 N–H and O–H groups in total. The summed E-state index contributed by atoms with van der Waals surface area (Å²) in [6, 6.07) is 15.4. The third kappa shape index (κ3) is 6.99. The third-order valence-corrected chi connectivity index (χ3v) is 13.8. The van der Waals surface area contributed by atoms with Crippen molar-refractivity contribution in [2.45, 2.75) is 101 Å². The average molecular weight is 817 g/mol. The Kier molecular flexibility index (Phi) is 9.68. The summed E-state index contributed by atoms with van der Waals surface area (Å²) in [4.78, 5) is 72.9. The summed E-state index contributed by atoms with van der Waals surface area (Å²) in [5, 5.41) is 17.1. The number of likely N-dealkylation sites (tertiary alicyclic amines) is 2. The van der Waals surface area contributed by atoms with Gasteiger partial charge in [-0.1, -0.05) is 44.2 Å². The number of carboxylic acid groups (broad SMARTS) is 1. The van der Waals surface area contributed by atoms with Crippen LogP contribution in [-0.2, 0) is 31.9 Å². The lowest BCUT2D eigenvalue weighted by atomic mass is 9.90. The Bertz CT molecular complexity index is 2510. The summed E-state index contributed by atoms with van der Waals surface area (Å²) in [7, 11) is 1.31. The SMILES string of the molecule is COC(=O)N[C@H](C(=O)N1[C@@H]2C[C@@H]2C[C@H]1c1nc2cc(CCc3ccc4c(ccc5nc([C@@H]6C[C@H]7C[C@H]7N6C(=O)[C@@H](NC(=O)O)C6CCOCC6)[nH]c54)c3)ccc2[nH]1)C(C)C. The van der Waals surface area contributed by atoms with Crippen molar-refractivity contribution in [2.24, 2.45) is 23.7 Å². The van der Waals surface area contributed by atoms with Gasteiger partial charge in [0.2, 0.25) is 11.8 Å². The van der Waals surface area contributed by atoms with Gasteiger partial charge in [-0.05, 0) is 110 Å². The van der Waals surface area contributed by atoms with Crippen LogP contribution >= 0.6 is 0 Å². The first-order valence-corrected chi connectivity index (χ1v) is 21.5. The van der Waals surface area contributed by atoms with Crippen LogP contribution in [0.5, 0.6) is 0 Å². The molecule has 0 bridgehead atoms. The van der Waals surface area contributed by atoms with E-state index >= 15 is 0 Å². The number of ether oxygens (including phenoxy) is 2. The molecule has 15 heteroatoms. The van der Waals surface area contributed by atoms with Gasteiger partial charge in [0, 0.05) is 30.7 Å². The number of carbonyl (C=O) groups excluding carboxylic acids is 3. The monoisotopic (exact) mass is 816 g/mol. The Morgan fingerprint density at radius 1 is 0.817 bits per heavy atom. The number of piperidine rings is 2. The van der Waals surface area contributed by atoms with Gasteiger partial charge in [-0.3, -0.25) is 9.59 Å². The second-order valence-corrected chi connectivity index (χ2v) is 18.0. The van der Waals surface area contributed by atoms with Crippen LogP contribution in [0.2, 0.25) is 0 Å². The predicted molar refractivity (Wildman–Crippen MR) is 222 cm³/mol. The molecule has 0 spiro atoms. The molecule has 5 aliphatic rings. The molecule has 2 aliphatic carbocycles. The molecule has 8 atom stereocenters. The van der Waals surface area contributed by atoms with Crippen LogP contribution in [0.4, 0.5) is 9.59 Å². The number of aryl methyl sites for hydroxylation is 2. The molecule has 5 heterocycles. The highest BCUT2D eigenvalue weighted by Crippen LogP contribution is 2.55. The molecule has 0 radical (unpaired) electrons. The first kappa shape index (κ1) is 38.5. The number of aromatic nitrogens is 4. The number of aromatic amines is 2. The standard InChI is InChI=1S/C45H52N8O7/c1-22(2)37(51-45(58)59-3)42(54)52-33-18-27(33)20-35(52)40-46-30-10-7-24(17-32(30)48-40)5-4-23-6-9-29-26(16-23)8-11-31-39(29)49-41(47-31)36-21-28-19-34(28)53(36)43(55)38(50-44(56)57)25-12-14-60-15-13-25/h6-11,16-17,22,25,27-28,33-38,50H,4-5,12-15,18-21H2,1-3H3,(H,46,48)(H,47,49)(H,51,58)(H,56,57)/t27-,28-,33-,34-,35+,36+,37+,38+/m1/s1. The van der Waals surface area contributed by atoms with Gasteiger partial charge in [-0.15, -0.1) is 0 Å². The zero-order chi connectivity index (χ0) is 41.4. The average Bonchev–Trinajstić information content (AvgIpc) is 3.90. The Labute approximate surface area is 347 Å². The van der Waals surface area contributed by atoms with Crippen LogP contribution < -0.4 is 10.6 Å². The lowest BCUT2D eigenvalue weighted by Gasteiger charge is -2.35. The lowest BCUT2D eigenvalue weighted by Crippen LogP contribution is -2.53. The number of nitrogens with zero attached hydrogens (tertiary/aromatic N) is 4. The Hall–Kier alpha value is -5.70. The number of methoxy groups -OCH3 is 1. The highest BCUT2D eigenvalue weighted by molar-refractivity contribution is 6.04. The summed E-state index contributed by atoms with van der Waals surface area (Å²) in [5.41, 5.74) is 5.96. The second kappa shape index (κ2) is 15.1. The molecular formula is C45H52N8O7. The Balaban J connectivity index is 0.837. The number of hydrogen-bond donors (Lipinski definition) is 5. The number of rotatable bonds is 11. The predicted octanol–water partition coefficient (Wildman–Crippen LogP) is 6.14. The lowest BCUT2D eigenvalue weighted by molar-refractivity contribution is -0.138. The van der Waals surface area contributed by atoms with Gasteiger partial charge >= 0.3 is 12.2 Å². The molecule has 15 nitrogen and oxygen atoms in total. The Morgan fingerprint density at radius 3 is 2.15 bits per heavy atom. The molecule has 4 amide bonds. The maximum atomic E-state index is 14.2. The second-order valence-electron chi connectivity index (χ2n) is 18.0. The molecule has 5 aromatic rings. The minimum atomic E-state index is -1.18. The molecule has 314 valence electrons. The van der Waals surface area contributed by atoms with E-state index in [1.165, 1.54) is 18.2 Å². The minimum absolute atomic E-state index is 0.0917. The van der Waals surface area contributed by atoms with Crippen molar-refractivity contribution in [1.82, 2.24) is 40.4 Å². The van der Waals surface area contributed by atoms with Crippen molar-refractivity contribution in [2.75, 3.05) is 20.3 Å². The molecule has 2 aromatic heterocycles. The van der Waals surface area contributed by atoms with Crippen molar-refractivity contribution < 1.29 is 33.8 Å². The number of imidazole rings is 2. The van der Waals surface area contributed by atoms with E-state index in [4.69, 9.17) is 19.4 Å². The van der Waals surface area contributed by atoms with E-state index in [2.05, 4.69) is 63.1 Å². The molecule has 2 saturated carbocycles. The van der Waals surface area contributed by atoms with E-state index in [1.807, 2.05) is 29.7 Å². The summed E-state index contributed by atoms with van der Waals surface area (Å²) < 4.78 is 10.3. The van der Waals surface area contributed by atoms with Gasteiger partial charge in [0.05, 0.1) is 41.3 Å². The van der Waals surface area contributed by atoms with Crippen LogP contribution in [0.1, 0.15) is 87.2 Å². The highest BCUT2D eigenvalue weighted by atomic mass is 16.5. The molecule has 3 aliphatic heterocycles. The first-order chi connectivity index (χ1) is 29.0. The summed E-state index contributed by atoms with van der Waals surface area (Å²) >= 11 is 0. The third-order valence-electron chi connectivity index (χ3n) is 13.8. The molecule has 5 fully saturated rings. The van der Waals surface area contributed by atoms with Crippen molar-refractivity contribution in [3.63, 3.8) is 0 Å². The summed E-state index contributed by atoms with van der Waals surface area (Å²) in [5.74, 6) is 1.94. The topological polar surface area (TPSA) is 195 Å². The number of benzene rings is 3. The smallest absolute Gasteiger partial charge is 0.407 e. The van der Waals surface area contributed by atoms with E-state index in [0.717, 1.165) is 83.0 Å². The molecule has 10 rings (SSSR count). The number of nitrogens with one attached hydrogen (secondary N) is 4. The largest absolute Gasteiger partial charge is 0.465 e. The zero-order valence-electron chi connectivity index (χ0n) is 34.1. The van der Waals surface area contributed by atoms with Crippen LogP contribution in [0, 0.1) is 23.7 Å². The number of amides is 4. The molecule has 60 heavy (non-hydrogen) atoms. The molecule has 3 saturated heterocycles. The quantitative estimate of drug-likeness (QED) is 0.104. The van der Waals surface area contributed by atoms with Crippen LogP contribution in [0.25, 0.3) is 32.8 Å². The molecular weight excluding hydrogens is 765 g/mol. The fraction of sp³-hybridized carbons (Fsp3) is 0.511. The van der Waals surface area contributed by atoms with Crippen molar-refractivity contribution >= 4 is 56.8 Å². The fourth-order valence-electron chi connectivity index (χ4n) is 10.5. The van der Waals surface area contributed by atoms with Gasteiger partial charge in [0.15, 0.2) is 0 Å². The van der Waals surface area contributed by atoms with E-state index in [-0.39, 0.29) is 47.8 Å². The van der Waals surface area contributed by atoms with Crippen molar-refractivity contribution in [3.05, 3.63) is 71.3 Å². The molecule has 0 unspecified atom stereocenters. The van der Waals surface area contributed by atoms with Crippen LogP contribution in [0.15, 0.2) is 48.5 Å². The van der Waals surface area contributed by atoms with Gasteiger partial charge in [-0.2, -0.15) is 0 Å². The van der Waals surface area contributed by atoms with Crippen LogP contribution in [-0.4, -0.2) is 103 Å². The summed E-state index contributed by atoms with van der Waals surface area (Å²) in [6.07, 6.45) is 4.75. The van der Waals surface area contributed by atoms with E-state index in [1.54, 1.807) is 0 Å². The first-order valence-electron chi connectivity index (χ1n) is 21.5. The van der Waals surface area contributed by atoms with Gasteiger partial charge in [0.1, 0.15) is 23.7 Å². The van der Waals surface area contributed by atoms with E-state index < -0.39 is 24.3 Å². The number of alkyl carbamates (subject to hydrolysis) is 1. The van der Waals surface area contributed by atoms with E-state index in [9.17, 15) is 24.3 Å². The molecule has 3 aromatic carbocycles. The van der Waals surface area contributed by atoms with Crippen LogP contribution in [0.3, 0.4) is 0 Å². The maximum Gasteiger partial charge on any atom is 0.407 e. The minimum Gasteiger partial charge on any atom is -0.465 e. The highest BCUT2D eigenvalue weighted by Gasteiger charge is 2.57. The number of H-pyrrole nitrogens is 2. The summed E-state index contributed by atoms with van der Waals surface area (Å²) in [6.45, 7) is 4.90. The van der Waals surface area contributed by atoms with Gasteiger partial charge in [0.25, 0.3) is 0 Å².